The van der Waals surface area contributed by atoms with E-state index in [2.05, 4.69) is 80.1 Å². The zero-order valence-electron chi connectivity index (χ0n) is 19.2. The van der Waals surface area contributed by atoms with Crippen LogP contribution in [0.5, 0.6) is 0 Å². The van der Waals surface area contributed by atoms with Gasteiger partial charge in [-0.15, -0.1) is 0 Å². The highest BCUT2D eigenvalue weighted by Gasteiger charge is 2.28. The Labute approximate surface area is 189 Å². The Hall–Kier alpha value is -3.45. The lowest BCUT2D eigenvalue weighted by atomic mass is 9.92. The van der Waals surface area contributed by atoms with E-state index >= 15 is 0 Å². The van der Waals surface area contributed by atoms with Crippen LogP contribution in [0.2, 0.25) is 0 Å². The summed E-state index contributed by atoms with van der Waals surface area (Å²) >= 11 is 0. The van der Waals surface area contributed by atoms with Crippen molar-refractivity contribution in [1.29, 1.82) is 5.26 Å². The fourth-order valence-corrected chi connectivity index (χ4v) is 4.72. The van der Waals surface area contributed by atoms with Crippen LogP contribution in [0.25, 0.3) is 28.0 Å². The largest absolute Gasteiger partial charge is 0.342 e. The molecule has 160 valence electrons. The molecule has 0 saturated heterocycles. The van der Waals surface area contributed by atoms with E-state index in [0.29, 0.717) is 18.3 Å². The molecule has 4 nitrogen and oxygen atoms in total. The van der Waals surface area contributed by atoms with Gasteiger partial charge < -0.3 is 4.98 Å². The number of rotatable bonds is 5. The second-order valence-electron chi connectivity index (χ2n) is 9.45. The smallest absolute Gasteiger partial charge is 0.109 e. The van der Waals surface area contributed by atoms with E-state index in [0.717, 1.165) is 41.1 Å². The summed E-state index contributed by atoms with van der Waals surface area (Å²) in [5.74, 6) is 1.81. The van der Waals surface area contributed by atoms with Gasteiger partial charge >= 0.3 is 0 Å². The summed E-state index contributed by atoms with van der Waals surface area (Å²) in [5, 5.41) is 9.43. The number of nitriles is 1. The van der Waals surface area contributed by atoms with Crippen molar-refractivity contribution >= 4 is 11.3 Å². The second kappa shape index (κ2) is 7.91. The first-order chi connectivity index (χ1) is 15.4. The standard InChI is InChI=1S/C28H28N4/c1-16(2)25-14-24-22-7-5-19(12-21(22)13-26(24)31-25)18-6-8-23(20(11-18)9-10-29)27-15-30-28(32-27)17(3)4/h5-8,11-12,15-17H,9,13-14H2,1-4H3,(H,30,32). The fourth-order valence-electron chi connectivity index (χ4n) is 4.72. The molecule has 2 aromatic carbocycles. The third-order valence-corrected chi connectivity index (χ3v) is 6.58. The van der Waals surface area contributed by atoms with Crippen LogP contribution < -0.4 is 0 Å². The average Bonchev–Trinajstić information content (AvgIpc) is 3.48. The first-order valence-corrected chi connectivity index (χ1v) is 11.4. The Kier molecular flexibility index (Phi) is 5.06. The molecule has 4 heteroatoms. The van der Waals surface area contributed by atoms with Crippen LogP contribution in [0.1, 0.15) is 62.5 Å². The van der Waals surface area contributed by atoms with E-state index in [1.54, 1.807) is 0 Å². The Morgan fingerprint density at radius 1 is 0.969 bits per heavy atom. The number of fused-ring (bicyclic) bond motifs is 2. The number of H-pyrrole nitrogens is 1. The number of benzene rings is 2. The van der Waals surface area contributed by atoms with Crippen LogP contribution in [0.3, 0.4) is 0 Å². The molecule has 1 N–H and O–H groups in total. The monoisotopic (exact) mass is 420 g/mol. The summed E-state index contributed by atoms with van der Waals surface area (Å²) < 4.78 is 0. The van der Waals surface area contributed by atoms with Crippen molar-refractivity contribution in [1.82, 2.24) is 9.97 Å². The number of nitrogens with zero attached hydrogens (tertiary/aromatic N) is 3. The number of imidazole rings is 1. The number of hydrogen-bond donors (Lipinski definition) is 1. The lowest BCUT2D eigenvalue weighted by molar-refractivity contribution is 0.795. The van der Waals surface area contributed by atoms with Crippen LogP contribution in [-0.4, -0.2) is 15.7 Å². The van der Waals surface area contributed by atoms with Crippen molar-refractivity contribution in [2.45, 2.75) is 52.9 Å². The molecular formula is C28H28N4. The summed E-state index contributed by atoms with van der Waals surface area (Å²) in [6.45, 7) is 8.69. The fraction of sp³-hybridized carbons (Fsp3) is 0.321. The molecule has 0 fully saturated rings. The zero-order valence-corrected chi connectivity index (χ0v) is 19.2. The molecule has 32 heavy (non-hydrogen) atoms. The van der Waals surface area contributed by atoms with Crippen LogP contribution in [0, 0.1) is 17.2 Å². The van der Waals surface area contributed by atoms with Gasteiger partial charge in [-0.1, -0.05) is 58.0 Å². The molecule has 0 spiro atoms. The van der Waals surface area contributed by atoms with Gasteiger partial charge in [0.1, 0.15) is 5.82 Å². The maximum atomic E-state index is 9.43. The van der Waals surface area contributed by atoms with Crippen LogP contribution in [0.15, 0.2) is 53.3 Å². The molecular weight excluding hydrogens is 392 g/mol. The molecule has 1 aliphatic carbocycles. The van der Waals surface area contributed by atoms with Crippen molar-refractivity contribution < 1.29 is 0 Å². The van der Waals surface area contributed by atoms with Gasteiger partial charge in [0.2, 0.25) is 0 Å². The van der Waals surface area contributed by atoms with Gasteiger partial charge in [0.15, 0.2) is 0 Å². The van der Waals surface area contributed by atoms with Gasteiger partial charge in [-0.3, -0.25) is 4.99 Å². The average molecular weight is 421 g/mol. The molecule has 2 aliphatic rings. The minimum atomic E-state index is 0.338. The Morgan fingerprint density at radius 2 is 1.72 bits per heavy atom. The minimum absolute atomic E-state index is 0.338. The van der Waals surface area contributed by atoms with Gasteiger partial charge in [-0.05, 0) is 45.4 Å². The van der Waals surface area contributed by atoms with Crippen LogP contribution in [-0.2, 0) is 12.8 Å². The zero-order chi connectivity index (χ0) is 22.4. The Bertz CT molecular complexity index is 1310. The number of nitrogens with one attached hydrogen (secondary N) is 1. The van der Waals surface area contributed by atoms with E-state index in [-0.39, 0.29) is 0 Å². The molecule has 0 saturated carbocycles. The molecule has 3 aromatic rings. The third kappa shape index (κ3) is 3.48. The normalized spacial score (nSPS) is 14.7. The van der Waals surface area contributed by atoms with E-state index in [4.69, 9.17) is 4.99 Å². The quantitative estimate of drug-likeness (QED) is 0.499. The molecule has 5 rings (SSSR count). The summed E-state index contributed by atoms with van der Waals surface area (Å²) in [5.41, 5.74) is 12.1. The molecule has 2 heterocycles. The van der Waals surface area contributed by atoms with E-state index in [1.807, 2.05) is 6.20 Å². The van der Waals surface area contributed by atoms with Gasteiger partial charge in [-0.25, -0.2) is 4.98 Å². The van der Waals surface area contributed by atoms with Gasteiger partial charge in [-0.2, -0.15) is 5.26 Å². The number of aromatic nitrogens is 2. The van der Waals surface area contributed by atoms with Crippen molar-refractivity contribution in [3.05, 3.63) is 70.8 Å². The van der Waals surface area contributed by atoms with Gasteiger partial charge in [0.05, 0.1) is 24.4 Å². The van der Waals surface area contributed by atoms with E-state index < -0.39 is 0 Å². The summed E-state index contributed by atoms with van der Waals surface area (Å²) in [7, 11) is 0. The first kappa shape index (κ1) is 20.5. The number of hydrogen-bond acceptors (Lipinski definition) is 3. The Morgan fingerprint density at radius 3 is 2.41 bits per heavy atom. The predicted molar refractivity (Wildman–Crippen MR) is 130 cm³/mol. The van der Waals surface area contributed by atoms with Gasteiger partial charge in [0.25, 0.3) is 0 Å². The highest BCUT2D eigenvalue weighted by atomic mass is 14.9. The third-order valence-electron chi connectivity index (χ3n) is 6.58. The highest BCUT2D eigenvalue weighted by Crippen LogP contribution is 2.42. The lowest BCUT2D eigenvalue weighted by Gasteiger charge is -2.12. The first-order valence-electron chi connectivity index (χ1n) is 11.4. The minimum Gasteiger partial charge on any atom is -0.342 e. The topological polar surface area (TPSA) is 64.8 Å². The number of aliphatic imine (C=N–C) groups is 1. The maximum Gasteiger partial charge on any atom is 0.109 e. The van der Waals surface area contributed by atoms with Crippen molar-refractivity contribution in [2.75, 3.05) is 0 Å². The molecule has 1 aliphatic heterocycles. The summed E-state index contributed by atoms with van der Waals surface area (Å²) in [6.07, 6.45) is 4.15. The lowest BCUT2D eigenvalue weighted by Crippen LogP contribution is -2.05. The van der Waals surface area contributed by atoms with Crippen LogP contribution in [0.4, 0.5) is 0 Å². The molecule has 1 aromatic heterocycles. The van der Waals surface area contributed by atoms with Crippen LogP contribution >= 0.6 is 0 Å². The molecule has 0 radical (unpaired) electrons. The second-order valence-corrected chi connectivity index (χ2v) is 9.45. The molecule has 0 unspecified atom stereocenters. The van der Waals surface area contributed by atoms with E-state index in [1.165, 1.54) is 33.7 Å². The SMILES string of the molecule is CC(C)C1=NC2=C(C1)c1ccc(-c3ccc(-c4cnc(C(C)C)[nH]4)c(CC#N)c3)cc1C2. The van der Waals surface area contributed by atoms with Crippen molar-refractivity contribution in [3.8, 4) is 28.5 Å². The van der Waals surface area contributed by atoms with E-state index in [9.17, 15) is 5.26 Å². The summed E-state index contributed by atoms with van der Waals surface area (Å²) in [6, 6.07) is 15.5. The van der Waals surface area contributed by atoms with Gasteiger partial charge in [0, 0.05) is 35.7 Å². The number of allylic oxidation sites excluding steroid dienone is 2. The Balaban J connectivity index is 1.46. The highest BCUT2D eigenvalue weighted by molar-refractivity contribution is 6.02. The summed E-state index contributed by atoms with van der Waals surface area (Å²) in [4.78, 5) is 12.8. The maximum absolute atomic E-state index is 9.43. The molecule has 0 amide bonds. The van der Waals surface area contributed by atoms with Crippen molar-refractivity contribution in [3.63, 3.8) is 0 Å². The number of aromatic amines is 1. The molecule has 0 bridgehead atoms. The molecule has 0 atom stereocenters. The predicted octanol–water partition coefficient (Wildman–Crippen LogP) is 6.70. The van der Waals surface area contributed by atoms with Crippen molar-refractivity contribution in [2.24, 2.45) is 10.9 Å².